The number of imidazole rings is 1. The fourth-order valence-electron chi connectivity index (χ4n) is 4.08. The van der Waals surface area contributed by atoms with Crippen molar-refractivity contribution in [1.29, 1.82) is 0 Å². The number of fused-ring (bicyclic) bond motifs is 1. The van der Waals surface area contributed by atoms with E-state index >= 15 is 0 Å². The minimum atomic E-state index is -1.02. The number of benzene rings is 2. The molecule has 1 unspecified atom stereocenters. The van der Waals surface area contributed by atoms with Crippen LogP contribution in [0.15, 0.2) is 66.9 Å². The third-order valence-electron chi connectivity index (χ3n) is 5.63. The fraction of sp³-hybridized carbons (Fsp3) is 0.250. The van der Waals surface area contributed by atoms with Gasteiger partial charge in [-0.3, -0.25) is 14.0 Å². The highest BCUT2D eigenvalue weighted by atomic mass is 19.1. The number of halogens is 1. The summed E-state index contributed by atoms with van der Waals surface area (Å²) >= 11 is 0. The number of hydrogen-bond donors (Lipinski definition) is 3. The number of aliphatic carboxylic acids is 1. The van der Waals surface area contributed by atoms with Gasteiger partial charge >= 0.3 is 5.97 Å². The van der Waals surface area contributed by atoms with Crippen molar-refractivity contribution in [2.75, 3.05) is 5.32 Å². The molecule has 0 aliphatic rings. The van der Waals surface area contributed by atoms with E-state index in [4.69, 9.17) is 4.98 Å². The van der Waals surface area contributed by atoms with Gasteiger partial charge in [-0.2, -0.15) is 0 Å². The molecule has 8 heteroatoms. The van der Waals surface area contributed by atoms with Crippen LogP contribution < -0.4 is 10.6 Å². The van der Waals surface area contributed by atoms with E-state index in [1.54, 1.807) is 40.9 Å². The maximum Gasteiger partial charge on any atom is 0.305 e. The number of carbonyl (C=O) groups excluding carboxylic acids is 1. The zero-order valence-corrected chi connectivity index (χ0v) is 20.7. The van der Waals surface area contributed by atoms with Gasteiger partial charge in [0.15, 0.2) is 5.65 Å². The van der Waals surface area contributed by atoms with E-state index in [-0.39, 0.29) is 17.8 Å². The van der Waals surface area contributed by atoms with Crippen molar-refractivity contribution in [3.63, 3.8) is 0 Å². The number of carboxylic acid groups (broad SMARTS) is 1. The molecule has 4 aromatic rings. The summed E-state index contributed by atoms with van der Waals surface area (Å²) in [4.78, 5) is 29.8. The first-order valence-electron chi connectivity index (χ1n) is 11.7. The Hall–Kier alpha value is -4.20. The summed E-state index contributed by atoms with van der Waals surface area (Å²) in [6, 6.07) is 16.1. The smallest absolute Gasteiger partial charge is 0.305 e. The number of aromatic nitrogens is 2. The first-order valence-corrected chi connectivity index (χ1v) is 11.7. The molecule has 2 aromatic carbocycles. The van der Waals surface area contributed by atoms with Gasteiger partial charge in [0.25, 0.3) is 5.91 Å². The summed E-state index contributed by atoms with van der Waals surface area (Å²) < 4.78 is 15.4. The minimum Gasteiger partial charge on any atom is -0.481 e. The number of rotatable bonds is 7. The standard InChI is InChI=1S/C28H29FN4O3/c1-17-7-5-8-19(15-17)22(16-23(34)35)30-27(36)21-9-6-14-33-25(21)31-24(26(33)32-28(2,3)4)18-10-12-20(29)13-11-18/h5-15,22,32H,16H2,1-4H3,(H,30,36)(H,34,35). The molecule has 0 bridgehead atoms. The maximum absolute atomic E-state index is 13.6. The lowest BCUT2D eigenvalue weighted by molar-refractivity contribution is -0.137. The first-order chi connectivity index (χ1) is 17.0. The van der Waals surface area contributed by atoms with Gasteiger partial charge in [-0.25, -0.2) is 9.37 Å². The highest BCUT2D eigenvalue weighted by Crippen LogP contribution is 2.32. The van der Waals surface area contributed by atoms with E-state index in [1.807, 2.05) is 45.9 Å². The van der Waals surface area contributed by atoms with E-state index in [0.29, 0.717) is 33.8 Å². The molecule has 4 rings (SSSR count). The number of nitrogens with one attached hydrogen (secondary N) is 2. The summed E-state index contributed by atoms with van der Waals surface area (Å²) in [6.07, 6.45) is 1.54. The van der Waals surface area contributed by atoms with Crippen molar-refractivity contribution in [1.82, 2.24) is 14.7 Å². The van der Waals surface area contributed by atoms with Crippen molar-refractivity contribution < 1.29 is 19.1 Å². The predicted octanol–water partition coefficient (Wildman–Crippen LogP) is 5.61. The van der Waals surface area contributed by atoms with Gasteiger partial charge < -0.3 is 15.7 Å². The molecular formula is C28H29FN4O3. The van der Waals surface area contributed by atoms with Gasteiger partial charge in [-0.05, 0) is 69.7 Å². The third kappa shape index (κ3) is 5.54. The molecule has 3 N–H and O–H groups in total. The molecule has 7 nitrogen and oxygen atoms in total. The Kier molecular flexibility index (Phi) is 6.79. The van der Waals surface area contributed by atoms with Crippen LogP contribution in [-0.4, -0.2) is 31.9 Å². The van der Waals surface area contributed by atoms with Crippen molar-refractivity contribution in [2.45, 2.75) is 45.7 Å². The van der Waals surface area contributed by atoms with E-state index in [9.17, 15) is 19.1 Å². The van der Waals surface area contributed by atoms with Gasteiger partial charge in [-0.15, -0.1) is 0 Å². The van der Waals surface area contributed by atoms with E-state index in [0.717, 1.165) is 5.56 Å². The normalized spacial score (nSPS) is 12.4. The Morgan fingerprint density at radius 1 is 1.08 bits per heavy atom. The number of nitrogens with zero attached hydrogens (tertiary/aromatic N) is 2. The number of hydrogen-bond acceptors (Lipinski definition) is 4. The van der Waals surface area contributed by atoms with Crippen molar-refractivity contribution in [3.05, 3.63) is 89.4 Å². The molecule has 1 amide bonds. The molecule has 0 saturated heterocycles. The lowest BCUT2D eigenvalue weighted by Crippen LogP contribution is -2.30. The molecule has 0 saturated carbocycles. The van der Waals surface area contributed by atoms with Gasteiger partial charge in [-0.1, -0.05) is 29.8 Å². The van der Waals surface area contributed by atoms with Crippen LogP contribution in [0, 0.1) is 12.7 Å². The monoisotopic (exact) mass is 488 g/mol. The van der Waals surface area contributed by atoms with E-state index in [1.165, 1.54) is 12.1 Å². The van der Waals surface area contributed by atoms with Crippen molar-refractivity contribution in [2.24, 2.45) is 0 Å². The molecule has 2 aromatic heterocycles. The van der Waals surface area contributed by atoms with Gasteiger partial charge in [0.2, 0.25) is 0 Å². The zero-order chi connectivity index (χ0) is 26.0. The van der Waals surface area contributed by atoms with Crippen molar-refractivity contribution >= 4 is 23.3 Å². The summed E-state index contributed by atoms with van der Waals surface area (Å²) in [5.41, 5.74) is 3.33. The fourth-order valence-corrected chi connectivity index (χ4v) is 4.08. The number of anilines is 1. The second-order valence-corrected chi connectivity index (χ2v) is 9.84. The number of carboxylic acids is 1. The SMILES string of the molecule is Cc1cccc(C(CC(=O)O)NC(=O)c2cccn3c(NC(C)(C)C)c(-c4ccc(F)cc4)nc23)c1. The van der Waals surface area contributed by atoms with Crippen LogP contribution in [0.2, 0.25) is 0 Å². The number of amides is 1. The first kappa shape index (κ1) is 24.9. The van der Waals surface area contributed by atoms with Crippen LogP contribution in [0.4, 0.5) is 10.2 Å². The molecule has 186 valence electrons. The van der Waals surface area contributed by atoms with Crippen LogP contribution in [0.5, 0.6) is 0 Å². The second-order valence-electron chi connectivity index (χ2n) is 9.84. The molecule has 36 heavy (non-hydrogen) atoms. The Morgan fingerprint density at radius 3 is 2.44 bits per heavy atom. The van der Waals surface area contributed by atoms with Gasteiger partial charge in [0.1, 0.15) is 17.3 Å². The molecule has 2 heterocycles. The third-order valence-corrected chi connectivity index (χ3v) is 5.63. The largest absolute Gasteiger partial charge is 0.481 e. The molecule has 0 fully saturated rings. The molecule has 0 aliphatic heterocycles. The lowest BCUT2D eigenvalue weighted by atomic mass is 10.0. The summed E-state index contributed by atoms with van der Waals surface area (Å²) in [5, 5.41) is 15.8. The topological polar surface area (TPSA) is 95.7 Å². The van der Waals surface area contributed by atoms with Crippen LogP contribution in [-0.2, 0) is 4.79 Å². The average molecular weight is 489 g/mol. The Balaban J connectivity index is 1.79. The highest BCUT2D eigenvalue weighted by Gasteiger charge is 2.25. The second kappa shape index (κ2) is 9.81. The summed E-state index contributed by atoms with van der Waals surface area (Å²) in [6.45, 7) is 7.94. The number of carbonyl (C=O) groups is 2. The Bertz CT molecular complexity index is 1420. The minimum absolute atomic E-state index is 0.260. The predicted molar refractivity (Wildman–Crippen MR) is 138 cm³/mol. The van der Waals surface area contributed by atoms with Gasteiger partial charge in [0, 0.05) is 17.3 Å². The molecular weight excluding hydrogens is 459 g/mol. The van der Waals surface area contributed by atoms with Gasteiger partial charge in [0.05, 0.1) is 18.0 Å². The molecule has 1 atom stereocenters. The summed E-state index contributed by atoms with van der Waals surface area (Å²) in [5.74, 6) is -1.14. The molecule has 0 aliphatic carbocycles. The molecule has 0 radical (unpaired) electrons. The van der Waals surface area contributed by atoms with Crippen LogP contribution >= 0.6 is 0 Å². The van der Waals surface area contributed by atoms with Crippen LogP contribution in [0.25, 0.3) is 16.9 Å². The van der Waals surface area contributed by atoms with Crippen LogP contribution in [0.3, 0.4) is 0 Å². The average Bonchev–Trinajstić information content (AvgIpc) is 3.15. The Labute approximate surface area is 209 Å². The number of aryl methyl sites for hydroxylation is 1. The van der Waals surface area contributed by atoms with E-state index in [2.05, 4.69) is 10.6 Å². The lowest BCUT2D eigenvalue weighted by Gasteiger charge is -2.22. The zero-order valence-electron chi connectivity index (χ0n) is 20.7. The Morgan fingerprint density at radius 2 is 1.81 bits per heavy atom. The van der Waals surface area contributed by atoms with E-state index < -0.39 is 17.9 Å². The van der Waals surface area contributed by atoms with Crippen LogP contribution in [0.1, 0.15) is 54.7 Å². The maximum atomic E-state index is 13.6. The summed E-state index contributed by atoms with van der Waals surface area (Å²) in [7, 11) is 0. The van der Waals surface area contributed by atoms with Crippen molar-refractivity contribution in [3.8, 4) is 11.3 Å². The molecule has 0 spiro atoms. The quantitative estimate of drug-likeness (QED) is 0.315. The highest BCUT2D eigenvalue weighted by molar-refractivity contribution is 6.01. The number of pyridine rings is 1.